The first-order valence-corrected chi connectivity index (χ1v) is 13.0. The molecule has 0 aliphatic heterocycles. The lowest BCUT2D eigenvalue weighted by molar-refractivity contribution is 0.0943. The number of thiophene rings is 1. The molecule has 0 aliphatic rings. The summed E-state index contributed by atoms with van der Waals surface area (Å²) < 4.78 is 0. The zero-order chi connectivity index (χ0) is 26.1. The lowest BCUT2D eigenvalue weighted by atomic mass is 9.94. The van der Waals surface area contributed by atoms with Crippen molar-refractivity contribution < 1.29 is 9.59 Å². The van der Waals surface area contributed by atoms with E-state index in [-0.39, 0.29) is 17.9 Å². The predicted octanol–water partition coefficient (Wildman–Crippen LogP) is 6.90. The fraction of sp³-hybridized carbons (Fsp3) is 0.250. The molecule has 4 N–H and O–H groups in total. The molecule has 0 aliphatic carbocycles. The third kappa shape index (κ3) is 4.81. The van der Waals surface area contributed by atoms with Crippen molar-refractivity contribution >= 4 is 56.3 Å². The number of pyridine rings is 1. The second kappa shape index (κ2) is 10.3. The maximum atomic E-state index is 13.7. The first-order valence-electron chi connectivity index (χ1n) is 11.8. The molecule has 0 bridgehead atoms. The van der Waals surface area contributed by atoms with Gasteiger partial charge in [-0.2, -0.15) is 0 Å². The van der Waals surface area contributed by atoms with E-state index in [0.29, 0.717) is 53.9 Å². The van der Waals surface area contributed by atoms with Crippen LogP contribution in [0.25, 0.3) is 21.3 Å². The van der Waals surface area contributed by atoms with E-state index in [1.807, 2.05) is 64.1 Å². The minimum absolute atomic E-state index is 0.000988. The van der Waals surface area contributed by atoms with Gasteiger partial charge in [0.1, 0.15) is 9.71 Å². The summed E-state index contributed by atoms with van der Waals surface area (Å²) in [6.45, 7) is 9.68. The van der Waals surface area contributed by atoms with Crippen LogP contribution in [0.4, 0.5) is 11.4 Å². The average Bonchev–Trinajstić information content (AvgIpc) is 3.16. The molecule has 0 saturated heterocycles. The van der Waals surface area contributed by atoms with Crippen molar-refractivity contribution in [1.29, 1.82) is 0 Å². The lowest BCUT2D eigenvalue weighted by Gasteiger charge is -2.17. The molecule has 1 atom stereocenters. The van der Waals surface area contributed by atoms with E-state index in [0.717, 1.165) is 17.5 Å². The molecule has 0 fully saturated rings. The van der Waals surface area contributed by atoms with Crippen LogP contribution in [0.1, 0.15) is 57.1 Å². The van der Waals surface area contributed by atoms with Crippen molar-refractivity contribution in [2.45, 2.75) is 47.1 Å². The quantitative estimate of drug-likeness (QED) is 0.257. The Morgan fingerprint density at radius 1 is 1.11 bits per heavy atom. The summed E-state index contributed by atoms with van der Waals surface area (Å²) in [5.41, 5.74) is 11.8. The van der Waals surface area contributed by atoms with E-state index in [4.69, 9.17) is 22.3 Å². The van der Waals surface area contributed by atoms with Crippen LogP contribution in [0.5, 0.6) is 0 Å². The molecular weight excluding hydrogens is 492 g/mol. The Bertz CT molecular complexity index is 1490. The Kier molecular flexibility index (Phi) is 7.33. The van der Waals surface area contributed by atoms with Gasteiger partial charge in [-0.15, -0.1) is 11.3 Å². The highest BCUT2D eigenvalue weighted by atomic mass is 35.5. The first-order chi connectivity index (χ1) is 17.1. The average molecular weight is 521 g/mol. The summed E-state index contributed by atoms with van der Waals surface area (Å²) in [5, 5.41) is 7.03. The summed E-state index contributed by atoms with van der Waals surface area (Å²) in [5.74, 6) is -0.575. The standard InChI is InChI=1S/C28H29ClN4O2S/c1-6-16(4)31-27(35)25-24(30)23-22(18-9-7-8-10-19(18)29)21(17(5)32-28(23)36-25)26(34)33-20-12-11-14(2)13-15(20)3/h7-13,16H,6,30H2,1-5H3,(H,31,35)(H,33,34). The number of nitrogen functional groups attached to an aromatic ring is 1. The molecule has 186 valence electrons. The van der Waals surface area contributed by atoms with Crippen molar-refractivity contribution in [3.63, 3.8) is 0 Å². The highest BCUT2D eigenvalue weighted by Crippen LogP contribution is 2.44. The lowest BCUT2D eigenvalue weighted by Crippen LogP contribution is -2.31. The van der Waals surface area contributed by atoms with E-state index in [9.17, 15) is 9.59 Å². The number of carbonyl (C=O) groups is 2. The first kappa shape index (κ1) is 25.7. The number of hydrogen-bond acceptors (Lipinski definition) is 5. The monoisotopic (exact) mass is 520 g/mol. The van der Waals surface area contributed by atoms with Crippen LogP contribution in [0.3, 0.4) is 0 Å². The molecule has 0 spiro atoms. The number of nitrogens with zero attached hydrogens (tertiary/aromatic N) is 1. The highest BCUT2D eigenvalue weighted by molar-refractivity contribution is 7.21. The summed E-state index contributed by atoms with van der Waals surface area (Å²) in [6, 6.07) is 13.1. The fourth-order valence-corrected chi connectivity index (χ4v) is 5.46. The zero-order valence-corrected chi connectivity index (χ0v) is 22.5. The van der Waals surface area contributed by atoms with Crippen molar-refractivity contribution in [1.82, 2.24) is 10.3 Å². The van der Waals surface area contributed by atoms with E-state index in [2.05, 4.69) is 10.6 Å². The van der Waals surface area contributed by atoms with Gasteiger partial charge < -0.3 is 16.4 Å². The van der Waals surface area contributed by atoms with Crippen LogP contribution in [0.2, 0.25) is 5.02 Å². The van der Waals surface area contributed by atoms with Gasteiger partial charge in [0.15, 0.2) is 0 Å². The van der Waals surface area contributed by atoms with Gasteiger partial charge >= 0.3 is 0 Å². The third-order valence-electron chi connectivity index (χ3n) is 6.25. The van der Waals surface area contributed by atoms with Crippen molar-refractivity contribution in [3.8, 4) is 11.1 Å². The fourth-order valence-electron chi connectivity index (χ4n) is 4.18. The van der Waals surface area contributed by atoms with Crippen molar-refractivity contribution in [2.24, 2.45) is 0 Å². The van der Waals surface area contributed by atoms with Crippen LogP contribution in [-0.4, -0.2) is 22.8 Å². The molecule has 6 nitrogen and oxygen atoms in total. The summed E-state index contributed by atoms with van der Waals surface area (Å²) in [4.78, 5) is 32.4. The number of benzene rings is 2. The predicted molar refractivity (Wildman–Crippen MR) is 150 cm³/mol. The van der Waals surface area contributed by atoms with Crippen LogP contribution >= 0.6 is 22.9 Å². The molecule has 2 aromatic carbocycles. The molecular formula is C28H29ClN4O2S. The number of amides is 2. The Balaban J connectivity index is 1.95. The molecule has 1 unspecified atom stereocenters. The zero-order valence-electron chi connectivity index (χ0n) is 21.0. The second-order valence-corrected chi connectivity index (χ2v) is 10.4. The van der Waals surface area contributed by atoms with Crippen molar-refractivity contribution in [2.75, 3.05) is 11.1 Å². The second-order valence-electron chi connectivity index (χ2n) is 9.01. The number of anilines is 2. The molecule has 4 aromatic rings. The minimum Gasteiger partial charge on any atom is -0.397 e. The number of aromatic nitrogens is 1. The van der Waals surface area contributed by atoms with Crippen LogP contribution in [0, 0.1) is 20.8 Å². The van der Waals surface area contributed by atoms with Crippen LogP contribution < -0.4 is 16.4 Å². The molecule has 0 radical (unpaired) electrons. The number of hydrogen-bond donors (Lipinski definition) is 3. The number of rotatable bonds is 6. The third-order valence-corrected chi connectivity index (χ3v) is 7.68. The largest absolute Gasteiger partial charge is 0.397 e. The van der Waals surface area contributed by atoms with E-state index in [1.165, 1.54) is 11.3 Å². The molecule has 2 aromatic heterocycles. The summed E-state index contributed by atoms with van der Waals surface area (Å²) in [7, 11) is 0. The molecule has 8 heteroatoms. The van der Waals surface area contributed by atoms with Gasteiger partial charge in [0.05, 0.1) is 16.9 Å². The maximum Gasteiger partial charge on any atom is 0.263 e. The van der Waals surface area contributed by atoms with Gasteiger partial charge in [-0.05, 0) is 51.8 Å². The smallest absolute Gasteiger partial charge is 0.263 e. The van der Waals surface area contributed by atoms with Crippen LogP contribution in [-0.2, 0) is 0 Å². The summed E-state index contributed by atoms with van der Waals surface area (Å²) in [6.07, 6.45) is 0.793. The van der Waals surface area contributed by atoms with Gasteiger partial charge in [0.2, 0.25) is 0 Å². The Labute approximate surface area is 219 Å². The number of aryl methyl sites for hydroxylation is 3. The topological polar surface area (TPSA) is 97.1 Å². The Hall–Kier alpha value is -3.42. The van der Waals surface area contributed by atoms with Crippen LogP contribution in [0.15, 0.2) is 42.5 Å². The number of fused-ring (bicyclic) bond motifs is 1. The number of carbonyl (C=O) groups excluding carboxylic acids is 2. The molecule has 2 amide bonds. The summed E-state index contributed by atoms with van der Waals surface area (Å²) >= 11 is 7.85. The van der Waals surface area contributed by atoms with E-state index in [1.54, 1.807) is 13.0 Å². The number of halogens is 1. The normalized spacial score (nSPS) is 11.9. The molecule has 36 heavy (non-hydrogen) atoms. The van der Waals surface area contributed by atoms with Crippen molar-refractivity contribution in [3.05, 3.63) is 74.7 Å². The number of nitrogens with one attached hydrogen (secondary N) is 2. The van der Waals surface area contributed by atoms with E-state index >= 15 is 0 Å². The molecule has 0 saturated carbocycles. The van der Waals surface area contributed by atoms with Gasteiger partial charge in [-0.1, -0.05) is 54.4 Å². The van der Waals surface area contributed by atoms with Gasteiger partial charge in [0.25, 0.3) is 11.8 Å². The number of nitrogens with two attached hydrogens (primary N) is 1. The van der Waals surface area contributed by atoms with Gasteiger partial charge in [0, 0.05) is 33.3 Å². The SMILES string of the molecule is CCC(C)NC(=O)c1sc2nc(C)c(C(=O)Nc3ccc(C)cc3C)c(-c3ccccc3Cl)c2c1N. The van der Waals surface area contributed by atoms with Gasteiger partial charge in [-0.3, -0.25) is 9.59 Å². The van der Waals surface area contributed by atoms with E-state index < -0.39 is 0 Å². The highest BCUT2D eigenvalue weighted by Gasteiger charge is 2.28. The minimum atomic E-state index is -0.319. The van der Waals surface area contributed by atoms with Gasteiger partial charge in [-0.25, -0.2) is 4.98 Å². The Morgan fingerprint density at radius 3 is 2.50 bits per heavy atom. The molecule has 2 heterocycles. The maximum absolute atomic E-state index is 13.7. The Morgan fingerprint density at radius 2 is 1.83 bits per heavy atom. The molecule has 4 rings (SSSR count).